The smallest absolute Gasteiger partial charge is 0.302 e. The minimum atomic E-state index is -0.413. The largest absolute Gasteiger partial charge is 0.463 e. The Hall–Kier alpha value is -1.82. The fourth-order valence-electron chi connectivity index (χ4n) is 2.16. The molecule has 6 nitrogen and oxygen atoms in total. The van der Waals surface area contributed by atoms with Gasteiger partial charge in [-0.05, 0) is 19.3 Å². The van der Waals surface area contributed by atoms with E-state index in [1.54, 1.807) is 6.20 Å². The summed E-state index contributed by atoms with van der Waals surface area (Å²) >= 11 is 0. The number of rotatable bonds is 4. The first kappa shape index (κ1) is 13.6. The standard InChI is InChI=1S/C13H18N2O4/c1-9(16)18-8-11-4-5-12(19-11)15-6-2-3-10(7-15)13(14)17/h2,6-7,11-12H,3-5,8H2,1H3,(H2,14,17). The van der Waals surface area contributed by atoms with Crippen molar-refractivity contribution in [3.63, 3.8) is 0 Å². The highest BCUT2D eigenvalue weighted by molar-refractivity contribution is 5.92. The molecule has 2 atom stereocenters. The molecule has 6 heteroatoms. The van der Waals surface area contributed by atoms with Crippen LogP contribution in [0.2, 0.25) is 0 Å². The molecular formula is C13H18N2O4. The van der Waals surface area contributed by atoms with Gasteiger partial charge >= 0.3 is 5.97 Å². The molecule has 1 saturated heterocycles. The lowest BCUT2D eigenvalue weighted by Gasteiger charge is -2.26. The molecule has 0 bridgehead atoms. The van der Waals surface area contributed by atoms with Crippen LogP contribution in [0, 0.1) is 0 Å². The zero-order chi connectivity index (χ0) is 13.8. The summed E-state index contributed by atoms with van der Waals surface area (Å²) in [6, 6.07) is 0. The van der Waals surface area contributed by atoms with Crippen molar-refractivity contribution in [1.82, 2.24) is 4.90 Å². The first-order valence-corrected chi connectivity index (χ1v) is 6.29. The number of hydrogen-bond donors (Lipinski definition) is 1. The number of primary amides is 1. The van der Waals surface area contributed by atoms with Crippen molar-refractivity contribution in [2.75, 3.05) is 6.61 Å². The summed E-state index contributed by atoms with van der Waals surface area (Å²) in [7, 11) is 0. The van der Waals surface area contributed by atoms with Gasteiger partial charge in [0.2, 0.25) is 5.91 Å². The van der Waals surface area contributed by atoms with Crippen LogP contribution in [0.1, 0.15) is 26.2 Å². The van der Waals surface area contributed by atoms with E-state index in [1.807, 2.05) is 17.2 Å². The topological polar surface area (TPSA) is 81.9 Å². The lowest BCUT2D eigenvalue weighted by atomic mass is 10.1. The van der Waals surface area contributed by atoms with Gasteiger partial charge in [-0.1, -0.05) is 6.08 Å². The van der Waals surface area contributed by atoms with Crippen molar-refractivity contribution in [3.8, 4) is 0 Å². The Morgan fingerprint density at radius 2 is 2.32 bits per heavy atom. The van der Waals surface area contributed by atoms with Crippen LogP contribution in [-0.2, 0) is 19.1 Å². The zero-order valence-electron chi connectivity index (χ0n) is 10.9. The third-order valence-corrected chi connectivity index (χ3v) is 3.13. The van der Waals surface area contributed by atoms with E-state index < -0.39 is 5.91 Å². The molecule has 0 radical (unpaired) electrons. The predicted molar refractivity (Wildman–Crippen MR) is 67.4 cm³/mol. The minimum Gasteiger partial charge on any atom is -0.463 e. The van der Waals surface area contributed by atoms with Crippen LogP contribution in [0.15, 0.2) is 24.0 Å². The molecule has 0 saturated carbocycles. The van der Waals surface area contributed by atoms with Crippen molar-refractivity contribution in [3.05, 3.63) is 24.0 Å². The second-order valence-electron chi connectivity index (χ2n) is 4.65. The highest BCUT2D eigenvalue weighted by Gasteiger charge is 2.29. The van der Waals surface area contributed by atoms with E-state index in [0.29, 0.717) is 12.0 Å². The number of carbonyl (C=O) groups is 2. The molecule has 1 fully saturated rings. The number of nitrogens with zero attached hydrogens (tertiary/aromatic N) is 1. The van der Waals surface area contributed by atoms with E-state index in [4.69, 9.17) is 15.2 Å². The van der Waals surface area contributed by atoms with Gasteiger partial charge in [0.05, 0.1) is 6.10 Å². The van der Waals surface area contributed by atoms with Gasteiger partial charge in [-0.15, -0.1) is 0 Å². The summed E-state index contributed by atoms with van der Waals surface area (Å²) in [5, 5.41) is 0. The van der Waals surface area contributed by atoms with Crippen molar-refractivity contribution < 1.29 is 19.1 Å². The molecule has 2 rings (SSSR count). The summed E-state index contributed by atoms with van der Waals surface area (Å²) in [5.41, 5.74) is 5.83. The summed E-state index contributed by atoms with van der Waals surface area (Å²) < 4.78 is 10.7. The molecule has 2 unspecified atom stereocenters. The lowest BCUT2D eigenvalue weighted by Crippen LogP contribution is -2.30. The van der Waals surface area contributed by atoms with Gasteiger partial charge < -0.3 is 20.1 Å². The van der Waals surface area contributed by atoms with Gasteiger partial charge in [0.15, 0.2) is 0 Å². The van der Waals surface area contributed by atoms with Crippen LogP contribution in [0.5, 0.6) is 0 Å². The third kappa shape index (κ3) is 3.57. The molecule has 104 valence electrons. The SMILES string of the molecule is CC(=O)OCC1CCC(N2C=CCC(C(N)=O)=C2)O1. The highest BCUT2D eigenvalue weighted by atomic mass is 16.6. The molecular weight excluding hydrogens is 248 g/mol. The van der Waals surface area contributed by atoms with Crippen molar-refractivity contribution in [2.45, 2.75) is 38.5 Å². The van der Waals surface area contributed by atoms with Crippen LogP contribution in [-0.4, -0.2) is 35.7 Å². The van der Waals surface area contributed by atoms with E-state index in [9.17, 15) is 9.59 Å². The van der Waals surface area contributed by atoms with Gasteiger partial charge in [-0.2, -0.15) is 0 Å². The first-order chi connectivity index (χ1) is 9.06. The number of ether oxygens (including phenoxy) is 2. The van der Waals surface area contributed by atoms with E-state index in [-0.39, 0.29) is 24.9 Å². The summed E-state index contributed by atoms with van der Waals surface area (Å²) in [6.45, 7) is 1.65. The Morgan fingerprint density at radius 1 is 1.53 bits per heavy atom. The van der Waals surface area contributed by atoms with Gasteiger partial charge in [0.1, 0.15) is 12.8 Å². The van der Waals surface area contributed by atoms with Gasteiger partial charge in [-0.25, -0.2) is 0 Å². The average molecular weight is 266 g/mol. The van der Waals surface area contributed by atoms with Crippen LogP contribution >= 0.6 is 0 Å². The molecule has 0 aromatic heterocycles. The molecule has 0 aromatic carbocycles. The van der Waals surface area contributed by atoms with Crippen molar-refractivity contribution in [2.24, 2.45) is 5.73 Å². The Morgan fingerprint density at radius 3 is 3.00 bits per heavy atom. The third-order valence-electron chi connectivity index (χ3n) is 3.13. The molecule has 2 heterocycles. The Balaban J connectivity index is 1.90. The van der Waals surface area contributed by atoms with E-state index in [1.165, 1.54) is 6.92 Å². The molecule has 0 aliphatic carbocycles. The molecule has 0 aromatic rings. The predicted octanol–water partition coefficient (Wildman–Crippen LogP) is 0.643. The number of carbonyl (C=O) groups excluding carboxylic acids is 2. The lowest BCUT2D eigenvalue weighted by molar-refractivity contribution is -0.146. The maximum Gasteiger partial charge on any atom is 0.302 e. The molecule has 19 heavy (non-hydrogen) atoms. The molecule has 2 aliphatic heterocycles. The van der Waals surface area contributed by atoms with E-state index in [0.717, 1.165) is 12.8 Å². The quantitative estimate of drug-likeness (QED) is 0.755. The van der Waals surface area contributed by atoms with Crippen LogP contribution in [0.25, 0.3) is 0 Å². The van der Waals surface area contributed by atoms with Crippen molar-refractivity contribution >= 4 is 11.9 Å². The Kier molecular flexibility index (Phi) is 4.21. The average Bonchev–Trinajstić information content (AvgIpc) is 2.85. The second kappa shape index (κ2) is 5.88. The van der Waals surface area contributed by atoms with E-state index in [2.05, 4.69) is 0 Å². The van der Waals surface area contributed by atoms with Crippen LogP contribution < -0.4 is 5.73 Å². The second-order valence-corrected chi connectivity index (χ2v) is 4.65. The Labute approximate surface area is 111 Å². The van der Waals surface area contributed by atoms with E-state index >= 15 is 0 Å². The van der Waals surface area contributed by atoms with Gasteiger partial charge in [0.25, 0.3) is 0 Å². The minimum absolute atomic E-state index is 0.0883. The fraction of sp³-hybridized carbons (Fsp3) is 0.538. The first-order valence-electron chi connectivity index (χ1n) is 6.29. The number of allylic oxidation sites excluding steroid dienone is 1. The molecule has 1 amide bonds. The van der Waals surface area contributed by atoms with Gasteiger partial charge in [0, 0.05) is 24.9 Å². The zero-order valence-corrected chi connectivity index (χ0v) is 10.9. The maximum absolute atomic E-state index is 11.2. The summed E-state index contributed by atoms with van der Waals surface area (Å²) in [6.07, 6.45) is 7.45. The summed E-state index contributed by atoms with van der Waals surface area (Å²) in [5.74, 6) is -0.718. The normalized spacial score (nSPS) is 26.2. The number of hydrogen-bond acceptors (Lipinski definition) is 5. The number of amides is 1. The monoisotopic (exact) mass is 266 g/mol. The summed E-state index contributed by atoms with van der Waals surface area (Å²) in [4.78, 5) is 23.7. The van der Waals surface area contributed by atoms with Gasteiger partial charge in [-0.3, -0.25) is 9.59 Å². The molecule has 2 N–H and O–H groups in total. The number of nitrogens with two attached hydrogens (primary N) is 1. The number of esters is 1. The maximum atomic E-state index is 11.2. The van der Waals surface area contributed by atoms with Crippen molar-refractivity contribution in [1.29, 1.82) is 0 Å². The molecule has 0 spiro atoms. The fourth-order valence-corrected chi connectivity index (χ4v) is 2.16. The highest BCUT2D eigenvalue weighted by Crippen LogP contribution is 2.26. The molecule has 2 aliphatic rings. The Bertz CT molecular complexity index is 430. The van der Waals surface area contributed by atoms with Crippen LogP contribution in [0.3, 0.4) is 0 Å². The van der Waals surface area contributed by atoms with Crippen LogP contribution in [0.4, 0.5) is 0 Å².